The van der Waals surface area contributed by atoms with E-state index in [1.807, 2.05) is 30.3 Å². The summed E-state index contributed by atoms with van der Waals surface area (Å²) in [5.41, 5.74) is 1.74. The van der Waals surface area contributed by atoms with E-state index < -0.39 is 36.2 Å². The molecule has 2 heterocycles. The van der Waals surface area contributed by atoms with Crippen LogP contribution >= 0.6 is 0 Å². The molecule has 2 aromatic rings. The van der Waals surface area contributed by atoms with Gasteiger partial charge in [0.15, 0.2) is 0 Å². The first kappa shape index (κ1) is 24.1. The molecule has 0 spiro atoms. The Hall–Kier alpha value is -3.56. The predicted octanol–water partition coefficient (Wildman–Crippen LogP) is 2.79. The number of carbonyl (C=O) groups is 3. The van der Waals surface area contributed by atoms with Crippen LogP contribution in [0.2, 0.25) is 0 Å². The molecule has 33 heavy (non-hydrogen) atoms. The fourth-order valence-electron chi connectivity index (χ4n) is 3.78. The summed E-state index contributed by atoms with van der Waals surface area (Å²) in [6, 6.07) is 12.3. The Bertz CT molecular complexity index is 1020. The van der Waals surface area contributed by atoms with Gasteiger partial charge in [-0.2, -0.15) is 0 Å². The van der Waals surface area contributed by atoms with Crippen LogP contribution in [0.3, 0.4) is 0 Å². The number of carbonyl (C=O) groups excluding carboxylic acids is 2. The van der Waals surface area contributed by atoms with Gasteiger partial charge in [-0.15, -0.1) is 0 Å². The molecule has 3 rings (SSSR count). The van der Waals surface area contributed by atoms with Crippen LogP contribution in [-0.4, -0.2) is 65.5 Å². The molecule has 176 valence electrons. The van der Waals surface area contributed by atoms with Crippen molar-refractivity contribution >= 4 is 17.9 Å². The van der Waals surface area contributed by atoms with Gasteiger partial charge in [0.05, 0.1) is 0 Å². The highest BCUT2D eigenvalue weighted by atomic mass is 19.3. The average Bonchev–Trinajstić information content (AvgIpc) is 2.79. The van der Waals surface area contributed by atoms with Gasteiger partial charge in [0.1, 0.15) is 5.69 Å². The van der Waals surface area contributed by atoms with Crippen molar-refractivity contribution in [3.05, 3.63) is 65.0 Å². The summed E-state index contributed by atoms with van der Waals surface area (Å²) in [5.74, 6) is -5.15. The van der Waals surface area contributed by atoms with E-state index >= 15 is 0 Å². The van der Waals surface area contributed by atoms with Gasteiger partial charge < -0.3 is 20.6 Å². The van der Waals surface area contributed by atoms with Crippen LogP contribution in [0.4, 0.5) is 13.6 Å². The molecule has 1 atom stereocenters. The Balaban J connectivity index is 1.69. The second kappa shape index (κ2) is 10.4. The van der Waals surface area contributed by atoms with E-state index in [0.717, 1.165) is 10.5 Å². The molecule has 3 amide bonds. The van der Waals surface area contributed by atoms with Gasteiger partial charge in [-0.05, 0) is 24.1 Å². The van der Waals surface area contributed by atoms with Crippen LogP contribution in [0, 0.1) is 5.92 Å². The van der Waals surface area contributed by atoms with Crippen molar-refractivity contribution in [3.63, 3.8) is 0 Å². The van der Waals surface area contributed by atoms with Crippen LogP contribution in [-0.2, 0) is 6.42 Å². The lowest BCUT2D eigenvalue weighted by atomic mass is 9.90. The van der Waals surface area contributed by atoms with Crippen LogP contribution in [0.15, 0.2) is 42.5 Å². The molecule has 1 unspecified atom stereocenters. The molecule has 0 saturated carbocycles. The number of aromatic nitrogens is 1. The largest absolute Gasteiger partial charge is 0.465 e. The van der Waals surface area contributed by atoms with Gasteiger partial charge in [0.2, 0.25) is 0 Å². The summed E-state index contributed by atoms with van der Waals surface area (Å²) < 4.78 is 28.4. The zero-order valence-corrected chi connectivity index (χ0v) is 18.2. The highest BCUT2D eigenvalue weighted by molar-refractivity contribution is 5.98. The Morgan fingerprint density at radius 2 is 1.91 bits per heavy atom. The van der Waals surface area contributed by atoms with Crippen LogP contribution in [0.1, 0.15) is 44.9 Å². The fourth-order valence-corrected chi connectivity index (χ4v) is 3.78. The molecular weight excluding hydrogens is 434 g/mol. The van der Waals surface area contributed by atoms with Crippen LogP contribution in [0.5, 0.6) is 0 Å². The minimum Gasteiger partial charge on any atom is -0.465 e. The third-order valence-corrected chi connectivity index (χ3v) is 5.63. The quantitative estimate of drug-likeness (QED) is 0.588. The van der Waals surface area contributed by atoms with Crippen LogP contribution in [0.25, 0.3) is 0 Å². The van der Waals surface area contributed by atoms with Gasteiger partial charge in [-0.1, -0.05) is 30.3 Å². The van der Waals surface area contributed by atoms with E-state index in [9.17, 15) is 23.2 Å². The number of hydrogen-bond acceptors (Lipinski definition) is 4. The second-order valence-corrected chi connectivity index (χ2v) is 7.96. The zero-order chi connectivity index (χ0) is 24.0. The van der Waals surface area contributed by atoms with E-state index in [1.54, 1.807) is 6.07 Å². The van der Waals surface area contributed by atoms with Gasteiger partial charge in [-0.25, -0.2) is 18.6 Å². The van der Waals surface area contributed by atoms with E-state index in [4.69, 9.17) is 5.11 Å². The number of nitrogens with one attached hydrogen (secondary N) is 2. The maximum Gasteiger partial charge on any atom is 0.407 e. The van der Waals surface area contributed by atoms with E-state index in [-0.39, 0.29) is 37.3 Å². The molecule has 1 saturated heterocycles. The molecule has 0 radical (unpaired) electrons. The molecule has 8 nitrogen and oxygen atoms in total. The first-order valence-corrected chi connectivity index (χ1v) is 10.6. The number of piperidine rings is 1. The Kier molecular flexibility index (Phi) is 7.57. The monoisotopic (exact) mass is 460 g/mol. The third kappa shape index (κ3) is 6.24. The molecule has 1 aromatic carbocycles. The first-order chi connectivity index (χ1) is 15.7. The summed E-state index contributed by atoms with van der Waals surface area (Å²) in [6.45, 7) is -0.553. The number of rotatable bonds is 7. The predicted molar refractivity (Wildman–Crippen MR) is 116 cm³/mol. The Labute approximate surface area is 190 Å². The third-order valence-electron chi connectivity index (χ3n) is 5.63. The van der Waals surface area contributed by atoms with Gasteiger partial charge in [-0.3, -0.25) is 9.59 Å². The fraction of sp³-hybridized carbons (Fsp3) is 0.391. The van der Waals surface area contributed by atoms with Crippen LogP contribution < -0.4 is 10.6 Å². The summed E-state index contributed by atoms with van der Waals surface area (Å²) in [6.07, 6.45) is -1.44. The molecule has 1 aliphatic heterocycles. The number of benzene rings is 1. The Morgan fingerprint density at radius 1 is 1.18 bits per heavy atom. The summed E-state index contributed by atoms with van der Waals surface area (Å²) >= 11 is 0. The SMILES string of the molecule is CNC(=O)c1cc(C(=O)NCCC2CN(C(=O)O)CCC2(F)F)cc(Cc2ccccc2)n1. The molecule has 0 bridgehead atoms. The molecule has 1 aliphatic rings. The summed E-state index contributed by atoms with van der Waals surface area (Å²) in [5, 5.41) is 14.2. The highest BCUT2D eigenvalue weighted by Gasteiger charge is 2.44. The highest BCUT2D eigenvalue weighted by Crippen LogP contribution is 2.35. The second-order valence-electron chi connectivity index (χ2n) is 7.96. The number of hydrogen-bond donors (Lipinski definition) is 3. The lowest BCUT2D eigenvalue weighted by molar-refractivity contribution is -0.102. The number of pyridine rings is 1. The van der Waals surface area contributed by atoms with Gasteiger partial charge in [0, 0.05) is 56.7 Å². The Morgan fingerprint density at radius 3 is 2.58 bits per heavy atom. The number of nitrogens with zero attached hydrogens (tertiary/aromatic N) is 2. The number of alkyl halides is 2. The van der Waals surface area contributed by atoms with E-state index in [0.29, 0.717) is 12.1 Å². The normalized spacial score (nSPS) is 17.3. The van der Waals surface area contributed by atoms with Crippen molar-refractivity contribution in [1.29, 1.82) is 0 Å². The molecule has 3 N–H and O–H groups in total. The molecule has 1 fully saturated rings. The minimum atomic E-state index is -3.00. The molecule has 1 aromatic heterocycles. The standard InChI is InChI=1S/C23H26F2N4O4/c1-26-21(31)19-13-16(12-18(28-19)11-15-5-3-2-4-6-15)20(30)27-9-7-17-14-29(22(32)33)10-8-23(17,24)25/h2-6,12-13,17H,7-11,14H2,1H3,(H,26,31)(H,27,30)(H,32,33). The summed E-state index contributed by atoms with van der Waals surface area (Å²) in [7, 11) is 1.46. The number of amides is 3. The van der Waals surface area contributed by atoms with Gasteiger partial charge >= 0.3 is 6.09 Å². The van der Waals surface area contributed by atoms with Crippen molar-refractivity contribution in [2.45, 2.75) is 25.2 Å². The maximum atomic E-state index is 14.2. The number of carboxylic acid groups (broad SMARTS) is 1. The molecular formula is C23H26F2N4O4. The van der Waals surface area contributed by atoms with Gasteiger partial charge in [0.25, 0.3) is 17.7 Å². The minimum absolute atomic E-state index is 0.0573. The molecule has 0 aliphatic carbocycles. The lowest BCUT2D eigenvalue weighted by Crippen LogP contribution is -2.49. The summed E-state index contributed by atoms with van der Waals surface area (Å²) in [4.78, 5) is 41.3. The first-order valence-electron chi connectivity index (χ1n) is 10.6. The lowest BCUT2D eigenvalue weighted by Gasteiger charge is -2.37. The van der Waals surface area contributed by atoms with E-state index in [2.05, 4.69) is 15.6 Å². The smallest absolute Gasteiger partial charge is 0.407 e. The van der Waals surface area contributed by atoms with Crippen molar-refractivity contribution < 1.29 is 28.3 Å². The number of likely N-dealkylation sites (tertiary alicyclic amines) is 1. The number of halogens is 2. The zero-order valence-electron chi connectivity index (χ0n) is 18.2. The van der Waals surface area contributed by atoms with Crippen molar-refractivity contribution in [1.82, 2.24) is 20.5 Å². The maximum absolute atomic E-state index is 14.2. The van der Waals surface area contributed by atoms with E-state index in [1.165, 1.54) is 13.1 Å². The van der Waals surface area contributed by atoms with Crippen molar-refractivity contribution in [3.8, 4) is 0 Å². The van der Waals surface area contributed by atoms with Crippen molar-refractivity contribution in [2.24, 2.45) is 5.92 Å². The van der Waals surface area contributed by atoms with Crippen molar-refractivity contribution in [2.75, 3.05) is 26.7 Å². The topological polar surface area (TPSA) is 112 Å². The average molecular weight is 460 g/mol. The molecule has 10 heteroatoms.